The van der Waals surface area contributed by atoms with Crippen LogP contribution in [0.2, 0.25) is 0 Å². The zero-order valence-corrected chi connectivity index (χ0v) is 15.6. The van der Waals surface area contributed by atoms with Gasteiger partial charge in [0.2, 0.25) is 0 Å². The predicted octanol–water partition coefficient (Wildman–Crippen LogP) is 5.10. The van der Waals surface area contributed by atoms with Gasteiger partial charge in [-0.1, -0.05) is 31.9 Å². The van der Waals surface area contributed by atoms with Crippen molar-refractivity contribution >= 4 is 74.9 Å². The quantitative estimate of drug-likeness (QED) is 0.512. The van der Waals surface area contributed by atoms with E-state index in [1.807, 2.05) is 0 Å². The van der Waals surface area contributed by atoms with Gasteiger partial charge in [-0.3, -0.25) is 0 Å². The van der Waals surface area contributed by atoms with Crippen LogP contribution >= 0.6 is 63.7 Å². The summed E-state index contributed by atoms with van der Waals surface area (Å²) < 4.78 is 15.1. The molecule has 0 saturated carbocycles. The molecule has 0 N–H and O–H groups in total. The summed E-state index contributed by atoms with van der Waals surface area (Å²) in [4.78, 5) is 1.04. The van der Waals surface area contributed by atoms with Crippen molar-refractivity contribution < 1.29 is 4.55 Å². The molecule has 0 aliphatic rings. The van der Waals surface area contributed by atoms with E-state index in [4.69, 9.17) is 0 Å². The van der Waals surface area contributed by atoms with Crippen molar-refractivity contribution in [2.45, 2.75) is 9.79 Å². The van der Waals surface area contributed by atoms with Gasteiger partial charge in [-0.25, -0.2) is 0 Å². The Bertz CT molecular complexity index is 537. The monoisotopic (exact) mass is 510 g/mol. The summed E-state index contributed by atoms with van der Waals surface area (Å²) in [5, 5.41) is 0. The van der Waals surface area contributed by atoms with Gasteiger partial charge in [0.05, 0.1) is 8.95 Å². The summed E-state index contributed by atoms with van der Waals surface area (Å²) >= 11 is 11.8. The van der Waals surface area contributed by atoms with Gasteiger partial charge in [-0.2, -0.15) is 0 Å². The summed E-state index contributed by atoms with van der Waals surface area (Å²) in [5.74, 6) is 0. The molecule has 0 spiro atoms. The first kappa shape index (κ1) is 15.1. The number of halogens is 4. The SMILES string of the molecule is [O-][S+](c1[c]cc(Br)[c]c1Br)c1[c]cc(Br)[c]c1Br. The lowest BCUT2D eigenvalue weighted by Gasteiger charge is -2.12. The van der Waals surface area contributed by atoms with E-state index < -0.39 is 11.2 Å². The minimum atomic E-state index is -1.40. The first-order valence-corrected chi connectivity index (χ1v) is 8.81. The molecule has 1 nitrogen and oxygen atoms in total. The summed E-state index contributed by atoms with van der Waals surface area (Å²) in [7, 11) is 0. The highest BCUT2D eigenvalue weighted by Gasteiger charge is 2.22. The lowest BCUT2D eigenvalue weighted by atomic mass is 10.4. The number of rotatable bonds is 2. The highest BCUT2D eigenvalue weighted by Crippen LogP contribution is 2.33. The van der Waals surface area contributed by atoms with Gasteiger partial charge in [-0.15, -0.1) is 0 Å². The van der Waals surface area contributed by atoms with Crippen LogP contribution in [0.15, 0.2) is 39.8 Å². The van der Waals surface area contributed by atoms with E-state index in [2.05, 4.69) is 88.0 Å². The Hall–Kier alpha value is 0.670. The van der Waals surface area contributed by atoms with Gasteiger partial charge in [0.1, 0.15) is 0 Å². The molecule has 0 heterocycles. The van der Waals surface area contributed by atoms with Crippen molar-refractivity contribution in [3.8, 4) is 0 Å². The average molecular weight is 514 g/mol. The van der Waals surface area contributed by atoms with Gasteiger partial charge in [-0.05, 0) is 44.0 Å². The third-order valence-electron chi connectivity index (χ3n) is 1.89. The molecule has 90 valence electrons. The van der Waals surface area contributed by atoms with E-state index in [0.29, 0.717) is 18.7 Å². The minimum Gasteiger partial charge on any atom is -0.606 e. The van der Waals surface area contributed by atoms with E-state index in [1.165, 1.54) is 0 Å². The van der Waals surface area contributed by atoms with E-state index in [9.17, 15) is 4.55 Å². The molecule has 18 heavy (non-hydrogen) atoms. The van der Waals surface area contributed by atoms with Gasteiger partial charge in [0.15, 0.2) is 9.79 Å². The van der Waals surface area contributed by atoms with Gasteiger partial charge >= 0.3 is 0 Å². The Morgan fingerprint density at radius 1 is 0.833 bits per heavy atom. The Balaban J connectivity index is 2.44. The lowest BCUT2D eigenvalue weighted by Crippen LogP contribution is -2.04. The molecule has 0 amide bonds. The van der Waals surface area contributed by atoms with Gasteiger partial charge in [0.25, 0.3) is 0 Å². The van der Waals surface area contributed by atoms with Crippen molar-refractivity contribution in [2.24, 2.45) is 0 Å². The first-order chi connectivity index (χ1) is 8.49. The lowest BCUT2D eigenvalue weighted by molar-refractivity contribution is 0.593. The topological polar surface area (TPSA) is 23.1 Å². The van der Waals surface area contributed by atoms with Gasteiger partial charge in [0, 0.05) is 44.4 Å². The molecule has 0 unspecified atom stereocenters. The minimum absolute atomic E-state index is 0.519. The van der Waals surface area contributed by atoms with Crippen LogP contribution < -0.4 is 0 Å². The molecule has 0 bridgehead atoms. The molecule has 2 aromatic rings. The van der Waals surface area contributed by atoms with Crippen molar-refractivity contribution in [3.05, 3.63) is 54.3 Å². The van der Waals surface area contributed by atoms with Crippen molar-refractivity contribution in [2.75, 3.05) is 0 Å². The highest BCUT2D eigenvalue weighted by molar-refractivity contribution is 9.11. The second-order valence-corrected chi connectivity index (χ2v) is 7.73. The molecule has 2 aromatic carbocycles. The second kappa shape index (κ2) is 6.41. The smallest absolute Gasteiger partial charge is 0.181 e. The number of hydrogen-bond donors (Lipinski definition) is 0. The van der Waals surface area contributed by atoms with E-state index in [0.717, 1.165) is 8.95 Å². The molecule has 0 saturated heterocycles. The maximum atomic E-state index is 12.4. The standard InChI is InChI=1S/C12H2Br4OS/c13-7-1-3-11(9(15)5-7)18(17)12-4-2-8(14)6-10(12)16/h1-2H. The van der Waals surface area contributed by atoms with Crippen molar-refractivity contribution in [1.82, 2.24) is 0 Å². The Morgan fingerprint density at radius 2 is 1.22 bits per heavy atom. The normalized spacial score (nSPS) is 11.0. The van der Waals surface area contributed by atoms with Crippen LogP contribution in [0.25, 0.3) is 0 Å². The van der Waals surface area contributed by atoms with Crippen LogP contribution in [0.3, 0.4) is 0 Å². The van der Waals surface area contributed by atoms with Crippen LogP contribution in [0, 0.1) is 24.3 Å². The molecule has 0 aliphatic heterocycles. The maximum absolute atomic E-state index is 12.4. The predicted molar refractivity (Wildman–Crippen MR) is 83.7 cm³/mol. The zero-order chi connectivity index (χ0) is 13.3. The average Bonchev–Trinajstić information content (AvgIpc) is 2.28. The third-order valence-corrected chi connectivity index (χ3v) is 5.84. The molecule has 4 radical (unpaired) electrons. The summed E-state index contributed by atoms with van der Waals surface area (Å²) in [6, 6.07) is 15.2. The maximum Gasteiger partial charge on any atom is 0.181 e. The summed E-state index contributed by atoms with van der Waals surface area (Å²) in [5.41, 5.74) is 0. The van der Waals surface area contributed by atoms with Crippen LogP contribution in [0.5, 0.6) is 0 Å². The largest absolute Gasteiger partial charge is 0.606 e. The Labute approximate surface area is 142 Å². The van der Waals surface area contributed by atoms with Gasteiger partial charge < -0.3 is 4.55 Å². The third kappa shape index (κ3) is 3.41. The molecule has 6 heteroatoms. The molecule has 0 aliphatic carbocycles. The van der Waals surface area contributed by atoms with Crippen LogP contribution in [0.1, 0.15) is 0 Å². The second-order valence-electron chi connectivity index (χ2n) is 3.08. The highest BCUT2D eigenvalue weighted by atomic mass is 79.9. The van der Waals surface area contributed by atoms with Crippen LogP contribution in [-0.4, -0.2) is 4.55 Å². The molecule has 0 aromatic heterocycles. The Morgan fingerprint density at radius 3 is 1.56 bits per heavy atom. The fraction of sp³-hybridized carbons (Fsp3) is 0. The van der Waals surface area contributed by atoms with E-state index in [-0.39, 0.29) is 0 Å². The fourth-order valence-corrected chi connectivity index (χ4v) is 4.81. The summed E-state index contributed by atoms with van der Waals surface area (Å²) in [6.45, 7) is 0. The van der Waals surface area contributed by atoms with E-state index in [1.54, 1.807) is 12.1 Å². The fourth-order valence-electron chi connectivity index (χ4n) is 1.15. The molecule has 0 atom stereocenters. The van der Waals surface area contributed by atoms with Crippen molar-refractivity contribution in [1.29, 1.82) is 0 Å². The van der Waals surface area contributed by atoms with E-state index >= 15 is 0 Å². The number of hydrogen-bond acceptors (Lipinski definition) is 1. The van der Waals surface area contributed by atoms with Crippen molar-refractivity contribution in [3.63, 3.8) is 0 Å². The Kier molecular flexibility index (Phi) is 5.37. The number of benzene rings is 2. The molecular formula is C12H2Br4OS. The summed E-state index contributed by atoms with van der Waals surface area (Å²) in [6.07, 6.45) is 0. The molecule has 2 rings (SSSR count). The van der Waals surface area contributed by atoms with Crippen LogP contribution in [-0.2, 0) is 11.2 Å². The molecule has 0 fully saturated rings. The first-order valence-electron chi connectivity index (χ1n) is 4.49. The molecular weight excluding hydrogens is 512 g/mol. The van der Waals surface area contributed by atoms with Crippen LogP contribution in [0.4, 0.5) is 0 Å². The zero-order valence-electron chi connectivity index (χ0n) is 8.48.